The summed E-state index contributed by atoms with van der Waals surface area (Å²) in [5.41, 5.74) is 26.3. The molecule has 0 spiro atoms. The molecule has 2 aromatic rings. The van der Waals surface area contributed by atoms with E-state index in [1.165, 1.54) is 24.5 Å². The van der Waals surface area contributed by atoms with Gasteiger partial charge in [0.15, 0.2) is 11.4 Å². The Morgan fingerprint density at radius 1 is 0.767 bits per heavy atom. The van der Waals surface area contributed by atoms with E-state index >= 15 is 0 Å². The maximum absolute atomic E-state index is 10.8. The van der Waals surface area contributed by atoms with E-state index in [0.717, 1.165) is 0 Å². The molecule has 2 radical (unpaired) electrons. The van der Waals surface area contributed by atoms with Crippen molar-refractivity contribution in [2.45, 2.75) is 27.7 Å². The van der Waals surface area contributed by atoms with Gasteiger partial charge in [-0.3, -0.25) is 19.6 Å². The smallest absolute Gasteiger partial charge is 0.269 e. The summed E-state index contributed by atoms with van der Waals surface area (Å²) < 4.78 is 0. The van der Waals surface area contributed by atoms with E-state index in [0.29, 0.717) is 11.4 Å². The molecule has 0 saturated heterocycles. The van der Waals surface area contributed by atoms with Gasteiger partial charge in [-0.25, -0.2) is 0 Å². The minimum absolute atomic E-state index is 0. The molecule has 2 aromatic heterocycles. The van der Waals surface area contributed by atoms with Crippen molar-refractivity contribution in [3.63, 3.8) is 0 Å². The molecule has 12 heteroatoms. The number of rotatable bonds is 4. The van der Waals surface area contributed by atoms with Crippen molar-refractivity contribution in [3.05, 3.63) is 47.4 Å². The predicted molar refractivity (Wildman–Crippen MR) is 115 cm³/mol. The predicted octanol–water partition coefficient (Wildman–Crippen LogP) is 3.86. The van der Waals surface area contributed by atoms with Crippen molar-refractivity contribution in [1.29, 1.82) is 0 Å². The van der Waals surface area contributed by atoms with Gasteiger partial charge in [-0.15, -0.1) is 11.4 Å². The Labute approximate surface area is 228 Å². The minimum Gasteiger partial charge on any atom is -0.697 e. The first-order valence-electron chi connectivity index (χ1n) is 8.68. The number of anilines is 2. The molecule has 30 heavy (non-hydrogen) atoms. The van der Waals surface area contributed by atoms with Crippen LogP contribution in [0.3, 0.4) is 0 Å². The Kier molecular flexibility index (Phi) is 25.1. The maximum Gasteiger partial charge on any atom is 0.269 e. The standard InChI is InChI=1S/2C7H10N4O.2C2H6.2Y/c2*1-10-5-2-4(8)3-11-6(5)7(9)12;2*1-2;;/h2*2-3H,1H3,(H5,8,9,10,12);2*1-2H3;;/p-2. The molecule has 0 aromatic carbocycles. The summed E-state index contributed by atoms with van der Waals surface area (Å²) in [5, 5.41) is 5.47. The number of carbonyl (C=O) groups is 2. The SMILES string of the molecule is CC.CC.CNc1cc([NH-])cnc1C(N)=O.CNc1cc([NH-])cnc1C(N)=O.[Y].[Y]. The first-order valence-corrected chi connectivity index (χ1v) is 8.68. The Hall–Kier alpha value is -1.35. The normalized spacial score (nSPS) is 7.93. The number of nitrogens with one attached hydrogen (secondary N) is 4. The van der Waals surface area contributed by atoms with Crippen molar-refractivity contribution in [2.75, 3.05) is 24.7 Å². The molecular formula is C18H30N8O2Y2-2. The molecule has 0 aliphatic rings. The summed E-state index contributed by atoms with van der Waals surface area (Å²) in [6.45, 7) is 8.00. The van der Waals surface area contributed by atoms with Gasteiger partial charge in [-0.2, -0.15) is 0 Å². The van der Waals surface area contributed by atoms with Crippen LogP contribution in [-0.4, -0.2) is 35.9 Å². The molecule has 162 valence electrons. The first-order chi connectivity index (χ1) is 13.3. The molecule has 8 N–H and O–H groups in total. The summed E-state index contributed by atoms with van der Waals surface area (Å²) >= 11 is 0. The molecule has 0 fully saturated rings. The summed E-state index contributed by atoms with van der Waals surface area (Å²) in [7, 11) is 3.28. The van der Waals surface area contributed by atoms with E-state index in [9.17, 15) is 9.59 Å². The van der Waals surface area contributed by atoms with Gasteiger partial charge in [0.2, 0.25) is 0 Å². The second-order valence-electron chi connectivity index (χ2n) is 4.47. The van der Waals surface area contributed by atoms with E-state index in [1.54, 1.807) is 14.1 Å². The monoisotopic (exact) mass is 568 g/mol. The van der Waals surface area contributed by atoms with Crippen LogP contribution in [0.1, 0.15) is 48.7 Å². The fraction of sp³-hybridized carbons (Fsp3) is 0.333. The van der Waals surface area contributed by atoms with E-state index < -0.39 is 11.8 Å². The largest absolute Gasteiger partial charge is 0.697 e. The van der Waals surface area contributed by atoms with Crippen molar-refractivity contribution in [2.24, 2.45) is 11.5 Å². The molecule has 2 rings (SSSR count). The second kappa shape index (κ2) is 20.9. The average molecular weight is 568 g/mol. The van der Waals surface area contributed by atoms with Gasteiger partial charge in [0.25, 0.3) is 11.8 Å². The molecule has 2 amide bonds. The van der Waals surface area contributed by atoms with E-state index in [-0.39, 0.29) is 88.2 Å². The number of pyridine rings is 2. The third-order valence-corrected chi connectivity index (χ3v) is 2.78. The van der Waals surface area contributed by atoms with Gasteiger partial charge in [0, 0.05) is 91.9 Å². The first kappa shape index (κ1) is 36.0. The fourth-order valence-electron chi connectivity index (χ4n) is 1.70. The number of amides is 2. The number of hydrogen-bond acceptors (Lipinski definition) is 6. The van der Waals surface area contributed by atoms with Gasteiger partial charge in [0.05, 0.1) is 11.4 Å². The fourth-order valence-corrected chi connectivity index (χ4v) is 1.70. The summed E-state index contributed by atoms with van der Waals surface area (Å²) in [6.07, 6.45) is 2.56. The Morgan fingerprint density at radius 3 is 1.23 bits per heavy atom. The van der Waals surface area contributed by atoms with Crippen molar-refractivity contribution in [3.8, 4) is 0 Å². The van der Waals surface area contributed by atoms with Gasteiger partial charge in [0.1, 0.15) is 0 Å². The number of aromatic nitrogens is 2. The van der Waals surface area contributed by atoms with Crippen LogP contribution in [0.4, 0.5) is 22.7 Å². The molecule has 0 saturated carbocycles. The number of nitrogens with two attached hydrogens (primary N) is 2. The quantitative estimate of drug-likeness (QED) is 0.434. The number of hydrogen-bond donors (Lipinski definition) is 4. The summed E-state index contributed by atoms with van der Waals surface area (Å²) in [4.78, 5) is 28.9. The molecule has 10 nitrogen and oxygen atoms in total. The summed E-state index contributed by atoms with van der Waals surface area (Å²) in [5.74, 6) is -1.20. The minimum atomic E-state index is -0.598. The van der Waals surface area contributed by atoms with E-state index in [2.05, 4.69) is 20.6 Å². The Bertz CT molecular complexity index is 697. The van der Waals surface area contributed by atoms with E-state index in [1.807, 2.05) is 27.7 Å². The number of nitrogens with zero attached hydrogens (tertiary/aromatic N) is 2. The van der Waals surface area contributed by atoms with Crippen LogP contribution in [0, 0.1) is 0 Å². The number of carbonyl (C=O) groups excluding carboxylic acids is 2. The van der Waals surface area contributed by atoms with Crippen molar-refractivity contribution in [1.82, 2.24) is 9.97 Å². The zero-order valence-corrected chi connectivity index (χ0v) is 24.0. The third kappa shape index (κ3) is 13.1. The molecule has 0 bridgehead atoms. The Balaban J connectivity index is -0.000000183. The molecular weight excluding hydrogens is 538 g/mol. The zero-order valence-electron chi connectivity index (χ0n) is 18.3. The maximum atomic E-state index is 10.8. The molecule has 0 aliphatic carbocycles. The van der Waals surface area contributed by atoms with Gasteiger partial charge < -0.3 is 33.6 Å². The topological polar surface area (TPSA) is 184 Å². The molecule has 0 unspecified atom stereocenters. The molecule has 0 atom stereocenters. The van der Waals surface area contributed by atoms with Crippen LogP contribution in [0.15, 0.2) is 24.5 Å². The van der Waals surface area contributed by atoms with Gasteiger partial charge in [-0.1, -0.05) is 39.8 Å². The van der Waals surface area contributed by atoms with Crippen LogP contribution in [0.2, 0.25) is 0 Å². The van der Waals surface area contributed by atoms with Gasteiger partial charge in [-0.05, 0) is 0 Å². The Morgan fingerprint density at radius 2 is 1.03 bits per heavy atom. The van der Waals surface area contributed by atoms with Crippen LogP contribution in [0.25, 0.3) is 11.5 Å². The van der Waals surface area contributed by atoms with Gasteiger partial charge >= 0.3 is 0 Å². The van der Waals surface area contributed by atoms with Crippen LogP contribution < -0.4 is 22.1 Å². The molecule has 0 aliphatic heterocycles. The molecule has 2 heterocycles. The third-order valence-electron chi connectivity index (χ3n) is 2.78. The summed E-state index contributed by atoms with van der Waals surface area (Å²) in [6, 6.07) is 2.99. The average Bonchev–Trinajstić information content (AvgIpc) is 2.70. The van der Waals surface area contributed by atoms with E-state index in [4.69, 9.17) is 22.9 Å². The zero-order chi connectivity index (χ0) is 22.3. The van der Waals surface area contributed by atoms with Crippen LogP contribution >= 0.6 is 0 Å². The van der Waals surface area contributed by atoms with Crippen molar-refractivity contribution >= 4 is 34.6 Å². The van der Waals surface area contributed by atoms with Crippen molar-refractivity contribution < 1.29 is 75.0 Å². The van der Waals surface area contributed by atoms with Crippen LogP contribution in [-0.2, 0) is 65.4 Å². The number of primary amides is 2. The second-order valence-corrected chi connectivity index (χ2v) is 4.47. The van der Waals surface area contributed by atoms with Crippen LogP contribution in [0.5, 0.6) is 0 Å².